The van der Waals surface area contributed by atoms with Gasteiger partial charge in [0.25, 0.3) is 0 Å². The maximum absolute atomic E-state index is 12.0. The van der Waals surface area contributed by atoms with Gasteiger partial charge in [0.1, 0.15) is 0 Å². The van der Waals surface area contributed by atoms with E-state index in [0.717, 1.165) is 5.56 Å². The lowest BCUT2D eigenvalue weighted by Crippen LogP contribution is -2.24. The average Bonchev–Trinajstić information content (AvgIpc) is 2.83. The lowest BCUT2D eigenvalue weighted by atomic mass is 10.1. The van der Waals surface area contributed by atoms with E-state index in [4.69, 9.17) is 5.26 Å². The highest BCUT2D eigenvalue weighted by atomic mass is 32.2. The van der Waals surface area contributed by atoms with Crippen LogP contribution in [-0.2, 0) is 29.4 Å². The van der Waals surface area contributed by atoms with Gasteiger partial charge in [-0.05, 0) is 23.3 Å². The highest BCUT2D eigenvalue weighted by molar-refractivity contribution is 7.88. The number of aromatic nitrogens is 1. The van der Waals surface area contributed by atoms with Crippen LogP contribution in [0.25, 0.3) is 0 Å². The molecule has 0 unspecified atom stereocenters. The van der Waals surface area contributed by atoms with E-state index in [1.807, 2.05) is 36.1 Å². The summed E-state index contributed by atoms with van der Waals surface area (Å²) in [4.78, 5) is 0. The number of hydrogen-bond donors (Lipinski definition) is 1. The van der Waals surface area contributed by atoms with Crippen molar-refractivity contribution in [2.75, 3.05) is 0 Å². The summed E-state index contributed by atoms with van der Waals surface area (Å²) in [6.07, 6.45) is 3.71. The van der Waals surface area contributed by atoms with E-state index in [2.05, 4.69) is 4.72 Å². The summed E-state index contributed by atoms with van der Waals surface area (Å²) < 4.78 is 28.4. The summed E-state index contributed by atoms with van der Waals surface area (Å²) in [6.45, 7) is 0.248. The fourth-order valence-corrected chi connectivity index (χ4v) is 3.02. The van der Waals surface area contributed by atoms with E-state index >= 15 is 0 Å². The van der Waals surface area contributed by atoms with Crippen LogP contribution in [0.1, 0.15) is 16.7 Å². The fraction of sp³-hybridized carbons (Fsp3) is 0.214. The molecule has 0 saturated carbocycles. The van der Waals surface area contributed by atoms with Crippen molar-refractivity contribution >= 4 is 10.0 Å². The Balaban J connectivity index is 2.06. The van der Waals surface area contributed by atoms with E-state index < -0.39 is 10.0 Å². The Hall–Kier alpha value is -2.10. The Morgan fingerprint density at radius 3 is 2.70 bits per heavy atom. The molecule has 5 nitrogen and oxygen atoms in total. The Bertz CT molecular complexity index is 742. The summed E-state index contributed by atoms with van der Waals surface area (Å²) in [7, 11) is -1.59. The summed E-state index contributed by atoms with van der Waals surface area (Å²) >= 11 is 0. The van der Waals surface area contributed by atoms with Crippen LogP contribution in [0.15, 0.2) is 42.7 Å². The molecule has 0 aliphatic heterocycles. The molecule has 0 saturated heterocycles. The van der Waals surface area contributed by atoms with E-state index in [9.17, 15) is 8.42 Å². The third-order valence-electron chi connectivity index (χ3n) is 2.87. The van der Waals surface area contributed by atoms with Gasteiger partial charge in [0.2, 0.25) is 10.0 Å². The predicted molar refractivity (Wildman–Crippen MR) is 76.0 cm³/mol. The zero-order valence-electron chi connectivity index (χ0n) is 11.1. The van der Waals surface area contributed by atoms with Crippen LogP contribution >= 0.6 is 0 Å². The third kappa shape index (κ3) is 3.70. The van der Waals surface area contributed by atoms with Crippen molar-refractivity contribution in [3.8, 4) is 6.07 Å². The lowest BCUT2D eigenvalue weighted by Gasteiger charge is -2.07. The van der Waals surface area contributed by atoms with Gasteiger partial charge in [-0.2, -0.15) is 5.26 Å². The van der Waals surface area contributed by atoms with Crippen molar-refractivity contribution in [1.82, 2.24) is 9.29 Å². The summed E-state index contributed by atoms with van der Waals surface area (Å²) in [6, 6.07) is 10.6. The zero-order valence-corrected chi connectivity index (χ0v) is 11.9. The van der Waals surface area contributed by atoms with E-state index in [-0.39, 0.29) is 12.3 Å². The lowest BCUT2D eigenvalue weighted by molar-refractivity contribution is 0.580. The largest absolute Gasteiger partial charge is 0.357 e. The smallest absolute Gasteiger partial charge is 0.216 e. The third-order valence-corrected chi connectivity index (χ3v) is 4.15. The first-order chi connectivity index (χ1) is 9.50. The van der Waals surface area contributed by atoms with E-state index in [1.165, 1.54) is 0 Å². The molecule has 0 bridgehead atoms. The van der Waals surface area contributed by atoms with Crippen LogP contribution in [0.2, 0.25) is 0 Å². The Morgan fingerprint density at radius 2 is 2.05 bits per heavy atom. The van der Waals surface area contributed by atoms with Gasteiger partial charge in [0.15, 0.2) is 0 Å². The molecular weight excluding hydrogens is 274 g/mol. The van der Waals surface area contributed by atoms with Crippen LogP contribution in [0.4, 0.5) is 0 Å². The van der Waals surface area contributed by atoms with Crippen LogP contribution in [0.5, 0.6) is 0 Å². The minimum atomic E-state index is -3.47. The van der Waals surface area contributed by atoms with Crippen LogP contribution in [0.3, 0.4) is 0 Å². The number of rotatable bonds is 5. The maximum Gasteiger partial charge on any atom is 0.216 e. The molecule has 6 heteroatoms. The molecule has 0 radical (unpaired) electrons. The fourth-order valence-electron chi connectivity index (χ4n) is 1.87. The molecule has 1 N–H and O–H groups in total. The van der Waals surface area contributed by atoms with Gasteiger partial charge in [-0.25, -0.2) is 13.1 Å². The number of sulfonamides is 1. The van der Waals surface area contributed by atoms with E-state index in [0.29, 0.717) is 11.1 Å². The quantitative estimate of drug-likeness (QED) is 0.906. The zero-order chi connectivity index (χ0) is 14.6. The molecule has 0 atom stereocenters. The normalized spacial score (nSPS) is 11.2. The number of benzene rings is 1. The monoisotopic (exact) mass is 289 g/mol. The number of nitrogens with zero attached hydrogens (tertiary/aromatic N) is 2. The minimum absolute atomic E-state index is 0.191. The summed E-state index contributed by atoms with van der Waals surface area (Å²) in [5.74, 6) is -0.191. The topological polar surface area (TPSA) is 74.9 Å². The van der Waals surface area contributed by atoms with Gasteiger partial charge in [-0.1, -0.05) is 18.2 Å². The predicted octanol–water partition coefficient (Wildman–Crippen LogP) is 1.52. The Labute approximate surface area is 118 Å². The first-order valence-electron chi connectivity index (χ1n) is 6.06. The first-order valence-corrected chi connectivity index (χ1v) is 7.71. The average molecular weight is 289 g/mol. The minimum Gasteiger partial charge on any atom is -0.357 e. The van der Waals surface area contributed by atoms with Crippen LogP contribution < -0.4 is 4.72 Å². The molecule has 20 heavy (non-hydrogen) atoms. The van der Waals surface area contributed by atoms with E-state index in [1.54, 1.807) is 24.3 Å². The molecule has 0 spiro atoms. The van der Waals surface area contributed by atoms with Crippen molar-refractivity contribution in [3.05, 3.63) is 59.4 Å². The molecule has 1 aromatic carbocycles. The molecule has 1 aromatic heterocycles. The SMILES string of the molecule is Cn1ccc(CNS(=O)(=O)Cc2ccccc2C#N)c1. The second-order valence-corrected chi connectivity index (χ2v) is 6.34. The van der Waals surface area contributed by atoms with Gasteiger partial charge in [0.05, 0.1) is 17.4 Å². The number of hydrogen-bond acceptors (Lipinski definition) is 3. The van der Waals surface area contributed by atoms with Crippen molar-refractivity contribution in [1.29, 1.82) is 5.26 Å². The Kier molecular flexibility index (Phi) is 4.23. The molecule has 0 aliphatic carbocycles. The number of aryl methyl sites for hydroxylation is 1. The molecule has 0 amide bonds. The number of nitriles is 1. The van der Waals surface area contributed by atoms with Crippen molar-refractivity contribution in [3.63, 3.8) is 0 Å². The first kappa shape index (κ1) is 14.3. The van der Waals surface area contributed by atoms with Gasteiger partial charge >= 0.3 is 0 Å². The molecule has 0 aliphatic rings. The Morgan fingerprint density at radius 1 is 1.30 bits per heavy atom. The molecule has 104 valence electrons. The van der Waals surface area contributed by atoms with Gasteiger partial charge in [-0.3, -0.25) is 0 Å². The van der Waals surface area contributed by atoms with Crippen LogP contribution in [0, 0.1) is 11.3 Å². The molecule has 0 fully saturated rings. The van der Waals surface area contributed by atoms with Crippen LogP contribution in [-0.4, -0.2) is 13.0 Å². The summed E-state index contributed by atoms with van der Waals surface area (Å²) in [5, 5.41) is 8.96. The van der Waals surface area contributed by atoms with Gasteiger partial charge < -0.3 is 4.57 Å². The second kappa shape index (κ2) is 5.90. The van der Waals surface area contributed by atoms with Crippen molar-refractivity contribution in [2.24, 2.45) is 7.05 Å². The second-order valence-electron chi connectivity index (χ2n) is 4.53. The van der Waals surface area contributed by atoms with Crippen molar-refractivity contribution < 1.29 is 8.42 Å². The molecule has 2 rings (SSSR count). The molecule has 1 heterocycles. The van der Waals surface area contributed by atoms with Gasteiger partial charge in [0, 0.05) is 26.0 Å². The van der Waals surface area contributed by atoms with Crippen molar-refractivity contribution in [2.45, 2.75) is 12.3 Å². The number of nitrogens with one attached hydrogen (secondary N) is 1. The molecular formula is C14H15N3O2S. The van der Waals surface area contributed by atoms with Gasteiger partial charge in [-0.15, -0.1) is 0 Å². The standard InChI is InChI=1S/C14H15N3O2S/c1-17-7-6-12(10-17)9-16-20(18,19)11-14-5-3-2-4-13(14)8-15/h2-7,10,16H,9,11H2,1H3. The highest BCUT2D eigenvalue weighted by Gasteiger charge is 2.14. The summed E-state index contributed by atoms with van der Waals surface area (Å²) in [5.41, 5.74) is 1.79. The highest BCUT2D eigenvalue weighted by Crippen LogP contribution is 2.11. The molecule has 2 aromatic rings. The maximum atomic E-state index is 12.0.